The van der Waals surface area contributed by atoms with Crippen molar-refractivity contribution >= 4 is 50.8 Å². The van der Waals surface area contributed by atoms with E-state index in [-0.39, 0.29) is 11.9 Å². The van der Waals surface area contributed by atoms with Gasteiger partial charge in [0.1, 0.15) is 5.41 Å². The zero-order valence-electron chi connectivity index (χ0n) is 21.2. The number of nitrogens with zero attached hydrogens (tertiary/aromatic N) is 6. The molecule has 1 fully saturated rings. The molecule has 1 saturated heterocycles. The molecule has 0 radical (unpaired) electrons. The molecular weight excluding hydrogens is 548 g/mol. The second-order valence-electron chi connectivity index (χ2n) is 9.69. The third-order valence-electron chi connectivity index (χ3n) is 7.70. The number of carbonyl (C=O) groups excluding carboxylic acids is 2. The number of hydrogen-bond acceptors (Lipinski definition) is 8. The van der Waals surface area contributed by atoms with Gasteiger partial charge in [0.2, 0.25) is 5.95 Å². The summed E-state index contributed by atoms with van der Waals surface area (Å²) in [5.74, 6) is 0.198. The molecule has 38 heavy (non-hydrogen) atoms. The number of ether oxygens (including phenoxy) is 1. The lowest BCUT2D eigenvalue weighted by molar-refractivity contribution is -0.125. The number of carbonyl (C=O) groups is 2. The van der Waals surface area contributed by atoms with Crippen LogP contribution in [0, 0.1) is 5.41 Å². The van der Waals surface area contributed by atoms with Crippen molar-refractivity contribution in [2.24, 2.45) is 10.5 Å². The molecule has 3 aliphatic heterocycles. The van der Waals surface area contributed by atoms with Crippen LogP contribution >= 0.6 is 15.9 Å². The lowest BCUT2D eigenvalue weighted by Crippen LogP contribution is -2.67. The van der Waals surface area contributed by atoms with Crippen LogP contribution < -0.4 is 14.8 Å². The van der Waals surface area contributed by atoms with Gasteiger partial charge in [-0.05, 0) is 74.4 Å². The van der Waals surface area contributed by atoms with E-state index in [4.69, 9.17) is 9.84 Å². The quantitative estimate of drug-likeness (QED) is 0.433. The molecule has 3 aromatic rings. The topological polar surface area (TPSA) is 91.2 Å². The Morgan fingerprint density at radius 3 is 2.63 bits per heavy atom. The molecule has 1 amide bonds. The molecule has 194 valence electrons. The molecule has 2 aromatic carbocycles. The summed E-state index contributed by atoms with van der Waals surface area (Å²) in [6.07, 6.45) is 4.03. The van der Waals surface area contributed by atoms with Gasteiger partial charge in [0.15, 0.2) is 0 Å². The molecule has 0 aliphatic carbocycles. The predicted molar refractivity (Wildman–Crippen MR) is 149 cm³/mol. The molecule has 0 bridgehead atoms. The number of benzene rings is 2. The van der Waals surface area contributed by atoms with E-state index in [1.807, 2.05) is 6.92 Å². The Bertz CT molecular complexity index is 1430. The lowest BCUT2D eigenvalue weighted by atomic mass is 9.67. The summed E-state index contributed by atoms with van der Waals surface area (Å²) in [6, 6.07) is 14.8. The van der Waals surface area contributed by atoms with Gasteiger partial charge in [-0.1, -0.05) is 15.9 Å². The van der Waals surface area contributed by atoms with Crippen molar-refractivity contribution < 1.29 is 14.3 Å². The predicted octanol–water partition coefficient (Wildman–Crippen LogP) is 4.08. The Hall–Kier alpha value is -3.79. The maximum Gasteiger partial charge on any atom is 0.338 e. The number of esters is 1. The van der Waals surface area contributed by atoms with Crippen LogP contribution in [-0.2, 0) is 16.0 Å². The van der Waals surface area contributed by atoms with E-state index in [1.54, 1.807) is 49.6 Å². The molecule has 9 nitrogen and oxygen atoms in total. The summed E-state index contributed by atoms with van der Waals surface area (Å²) in [5.41, 5.74) is 3.23. The molecule has 1 spiro atoms. The number of anilines is 3. The molecule has 1 aromatic heterocycles. The van der Waals surface area contributed by atoms with Crippen molar-refractivity contribution in [1.29, 1.82) is 0 Å². The summed E-state index contributed by atoms with van der Waals surface area (Å²) in [5, 5.41) is 6.30. The minimum Gasteiger partial charge on any atom is -0.462 e. The second-order valence-corrected chi connectivity index (χ2v) is 10.6. The van der Waals surface area contributed by atoms with Crippen molar-refractivity contribution in [3.05, 3.63) is 76.5 Å². The van der Waals surface area contributed by atoms with Gasteiger partial charge in [-0.2, -0.15) is 10.1 Å². The first-order chi connectivity index (χ1) is 18.4. The van der Waals surface area contributed by atoms with Crippen LogP contribution in [-0.4, -0.2) is 59.8 Å². The first kappa shape index (κ1) is 24.5. The van der Waals surface area contributed by atoms with E-state index in [0.717, 1.165) is 34.5 Å². The van der Waals surface area contributed by atoms with E-state index in [9.17, 15) is 9.59 Å². The summed E-state index contributed by atoms with van der Waals surface area (Å²) in [7, 11) is 0. The van der Waals surface area contributed by atoms with Crippen molar-refractivity contribution in [2.75, 3.05) is 41.0 Å². The largest absolute Gasteiger partial charge is 0.462 e. The number of hydrazone groups is 1. The molecule has 6 rings (SSSR count). The molecule has 3 aliphatic rings. The Morgan fingerprint density at radius 2 is 1.89 bits per heavy atom. The molecule has 0 saturated carbocycles. The standard InChI is InChI=1S/C28H27BrN6O3/c1-3-38-25(36)19-5-8-22(9-6-19)35-26(37)28(18(2)32-35)16-20-15-21(29)7-10-23(20)34-14-13-33(17-24(28)34)27-30-11-4-12-31-27/h4-12,15,24H,3,13-14,16-17H2,1-2H3/t24-,28-/m0/s1. The maximum atomic E-state index is 14.4. The SMILES string of the molecule is CCOC(=O)c1ccc(N2N=C(C)[C@]3(Cc4cc(Br)ccc4N4CCN(c5ncccn5)C[C@H]43)C2=O)cc1. The van der Waals surface area contributed by atoms with E-state index >= 15 is 0 Å². The molecular formula is C28H27BrN6O3. The average molecular weight is 575 g/mol. The first-order valence-electron chi connectivity index (χ1n) is 12.7. The third-order valence-corrected chi connectivity index (χ3v) is 8.19. The highest BCUT2D eigenvalue weighted by atomic mass is 79.9. The van der Waals surface area contributed by atoms with Gasteiger partial charge in [-0.15, -0.1) is 0 Å². The molecule has 0 N–H and O–H groups in total. The van der Waals surface area contributed by atoms with Crippen molar-refractivity contribution in [3.63, 3.8) is 0 Å². The zero-order valence-corrected chi connectivity index (χ0v) is 22.8. The number of halogens is 1. The normalized spacial score (nSPS) is 22.3. The van der Waals surface area contributed by atoms with Crippen LogP contribution in [0.5, 0.6) is 0 Å². The number of amides is 1. The highest BCUT2D eigenvalue weighted by Crippen LogP contribution is 2.48. The summed E-state index contributed by atoms with van der Waals surface area (Å²) >= 11 is 3.62. The van der Waals surface area contributed by atoms with Crippen molar-refractivity contribution in [1.82, 2.24) is 9.97 Å². The second kappa shape index (κ2) is 9.50. The Balaban J connectivity index is 1.39. The Morgan fingerprint density at radius 1 is 1.13 bits per heavy atom. The number of piperazine rings is 1. The van der Waals surface area contributed by atoms with Gasteiger partial charge in [0.05, 0.1) is 29.6 Å². The number of rotatable bonds is 4. The summed E-state index contributed by atoms with van der Waals surface area (Å²) < 4.78 is 6.08. The van der Waals surface area contributed by atoms with Crippen LogP contribution in [0.3, 0.4) is 0 Å². The van der Waals surface area contributed by atoms with Gasteiger partial charge in [0, 0.05) is 42.2 Å². The molecule has 2 atom stereocenters. The smallest absolute Gasteiger partial charge is 0.338 e. The Kier molecular flexibility index (Phi) is 6.14. The highest BCUT2D eigenvalue weighted by Gasteiger charge is 2.60. The van der Waals surface area contributed by atoms with E-state index in [1.165, 1.54) is 5.01 Å². The summed E-state index contributed by atoms with van der Waals surface area (Å²) in [6.45, 7) is 6.09. The minimum absolute atomic E-state index is 0.0738. The fourth-order valence-electron chi connectivity index (χ4n) is 5.87. The molecule has 4 heterocycles. The van der Waals surface area contributed by atoms with E-state index in [2.05, 4.69) is 53.9 Å². The van der Waals surface area contributed by atoms with Crippen LogP contribution in [0.25, 0.3) is 0 Å². The molecule has 10 heteroatoms. The van der Waals surface area contributed by atoms with Crippen LogP contribution in [0.15, 0.2) is 70.5 Å². The Labute approximate surface area is 229 Å². The fourth-order valence-corrected chi connectivity index (χ4v) is 6.28. The van der Waals surface area contributed by atoms with Gasteiger partial charge < -0.3 is 14.5 Å². The van der Waals surface area contributed by atoms with Crippen molar-refractivity contribution in [2.45, 2.75) is 26.3 Å². The minimum atomic E-state index is -0.860. The van der Waals surface area contributed by atoms with Gasteiger partial charge >= 0.3 is 5.97 Å². The van der Waals surface area contributed by atoms with Crippen LogP contribution in [0.4, 0.5) is 17.3 Å². The monoisotopic (exact) mass is 574 g/mol. The van der Waals surface area contributed by atoms with Gasteiger partial charge in [-0.3, -0.25) is 4.79 Å². The van der Waals surface area contributed by atoms with Gasteiger partial charge in [-0.25, -0.2) is 14.8 Å². The zero-order chi connectivity index (χ0) is 26.4. The maximum absolute atomic E-state index is 14.4. The fraction of sp³-hybridized carbons (Fsp3) is 0.321. The van der Waals surface area contributed by atoms with E-state index in [0.29, 0.717) is 36.8 Å². The molecule has 0 unspecified atom stereocenters. The highest BCUT2D eigenvalue weighted by molar-refractivity contribution is 9.10. The summed E-state index contributed by atoms with van der Waals surface area (Å²) in [4.78, 5) is 40.0. The van der Waals surface area contributed by atoms with Gasteiger partial charge in [0.25, 0.3) is 5.91 Å². The first-order valence-corrected chi connectivity index (χ1v) is 13.5. The van der Waals surface area contributed by atoms with Crippen LogP contribution in [0.2, 0.25) is 0 Å². The third kappa shape index (κ3) is 3.86. The average Bonchev–Trinajstić information content (AvgIpc) is 3.19. The van der Waals surface area contributed by atoms with Crippen LogP contribution in [0.1, 0.15) is 29.8 Å². The van der Waals surface area contributed by atoms with E-state index < -0.39 is 11.4 Å². The van der Waals surface area contributed by atoms with Crippen molar-refractivity contribution in [3.8, 4) is 0 Å². The number of hydrogen-bond donors (Lipinski definition) is 0. The lowest BCUT2D eigenvalue weighted by Gasteiger charge is -2.53. The number of fused-ring (bicyclic) bond motifs is 4. The number of aromatic nitrogens is 2.